The number of amides is 2. The Hall–Kier alpha value is -3.19. The summed E-state index contributed by atoms with van der Waals surface area (Å²) in [4.78, 5) is 40.3. The number of carbonyl (C=O) groups is 3. The van der Waals surface area contributed by atoms with Crippen molar-refractivity contribution >= 4 is 17.6 Å². The van der Waals surface area contributed by atoms with E-state index in [2.05, 4.69) is 19.2 Å². The standard InChI is InChI=1S/C25H28N2O5/c1-15(2)17-5-7-18(8-6-17)24(30)26-20(13-16-3-9-19(28)10-4-16)25(31)27-12-11-22-23(27)21(29)14-32-22/h3-10,15,20,22-23,28H,11-14H2,1-2H3,(H,26,30). The summed E-state index contributed by atoms with van der Waals surface area (Å²) >= 11 is 0. The molecule has 7 nitrogen and oxygen atoms in total. The molecule has 2 aromatic carbocycles. The Morgan fingerprint density at radius 2 is 1.81 bits per heavy atom. The predicted molar refractivity (Wildman–Crippen MR) is 118 cm³/mol. The number of benzene rings is 2. The first-order valence-corrected chi connectivity index (χ1v) is 11.0. The molecule has 2 N–H and O–H groups in total. The zero-order valence-corrected chi connectivity index (χ0v) is 18.3. The molecular formula is C25H28N2O5. The summed E-state index contributed by atoms with van der Waals surface area (Å²) < 4.78 is 5.50. The highest BCUT2D eigenvalue weighted by molar-refractivity contribution is 5.99. The highest BCUT2D eigenvalue weighted by atomic mass is 16.5. The lowest BCUT2D eigenvalue weighted by Crippen LogP contribution is -2.53. The maximum atomic E-state index is 13.5. The Morgan fingerprint density at radius 1 is 1.12 bits per heavy atom. The zero-order valence-electron chi connectivity index (χ0n) is 18.3. The van der Waals surface area contributed by atoms with Crippen molar-refractivity contribution in [2.45, 2.75) is 50.8 Å². The van der Waals surface area contributed by atoms with Gasteiger partial charge in [-0.05, 0) is 47.7 Å². The maximum absolute atomic E-state index is 13.5. The van der Waals surface area contributed by atoms with E-state index in [1.165, 1.54) is 0 Å². The van der Waals surface area contributed by atoms with E-state index in [9.17, 15) is 19.5 Å². The van der Waals surface area contributed by atoms with Gasteiger partial charge in [-0.15, -0.1) is 0 Å². The summed E-state index contributed by atoms with van der Waals surface area (Å²) in [6, 6.07) is 12.4. The molecule has 2 aromatic rings. The second kappa shape index (κ2) is 9.12. The van der Waals surface area contributed by atoms with E-state index in [0.717, 1.165) is 11.1 Å². The number of phenols is 1. The largest absolute Gasteiger partial charge is 0.508 e. The Bertz CT molecular complexity index is 1000. The van der Waals surface area contributed by atoms with Crippen molar-refractivity contribution in [3.63, 3.8) is 0 Å². The van der Waals surface area contributed by atoms with Crippen LogP contribution in [0.3, 0.4) is 0 Å². The van der Waals surface area contributed by atoms with Crippen LogP contribution in [0.15, 0.2) is 48.5 Å². The lowest BCUT2D eigenvalue weighted by Gasteiger charge is -2.27. The number of nitrogens with one attached hydrogen (secondary N) is 1. The van der Waals surface area contributed by atoms with Crippen molar-refractivity contribution in [2.24, 2.45) is 0 Å². The van der Waals surface area contributed by atoms with Gasteiger partial charge in [-0.25, -0.2) is 0 Å². The van der Waals surface area contributed by atoms with Crippen molar-refractivity contribution in [3.8, 4) is 5.75 Å². The molecule has 2 amide bonds. The van der Waals surface area contributed by atoms with Crippen LogP contribution < -0.4 is 5.32 Å². The minimum absolute atomic E-state index is 0.0241. The number of fused-ring (bicyclic) bond motifs is 1. The first-order valence-electron chi connectivity index (χ1n) is 11.0. The van der Waals surface area contributed by atoms with Gasteiger partial charge in [-0.3, -0.25) is 14.4 Å². The number of hydrogen-bond donors (Lipinski definition) is 2. The highest BCUT2D eigenvalue weighted by Gasteiger charge is 2.48. The van der Waals surface area contributed by atoms with Gasteiger partial charge in [-0.1, -0.05) is 38.1 Å². The van der Waals surface area contributed by atoms with Crippen LogP contribution in [0.5, 0.6) is 5.75 Å². The van der Waals surface area contributed by atoms with Crippen LogP contribution >= 0.6 is 0 Å². The van der Waals surface area contributed by atoms with Crippen molar-refractivity contribution in [3.05, 3.63) is 65.2 Å². The average Bonchev–Trinajstić information content (AvgIpc) is 3.37. The molecule has 2 saturated heterocycles. The van der Waals surface area contributed by atoms with Gasteiger partial charge < -0.3 is 20.1 Å². The molecule has 3 unspecified atom stereocenters. The van der Waals surface area contributed by atoms with Gasteiger partial charge in [0.05, 0.1) is 6.10 Å². The molecule has 4 rings (SSSR count). The zero-order chi connectivity index (χ0) is 22.8. The number of likely N-dealkylation sites (tertiary alicyclic amines) is 1. The lowest BCUT2D eigenvalue weighted by molar-refractivity contribution is -0.138. The molecule has 0 saturated carbocycles. The normalized spacial score (nSPS) is 21.0. The van der Waals surface area contributed by atoms with Gasteiger partial charge in [0.25, 0.3) is 5.91 Å². The number of carbonyl (C=O) groups excluding carboxylic acids is 3. The molecule has 3 atom stereocenters. The Kier molecular flexibility index (Phi) is 6.28. The third-order valence-electron chi connectivity index (χ3n) is 6.21. The lowest BCUT2D eigenvalue weighted by atomic mass is 10.0. The average molecular weight is 437 g/mol. The first-order chi connectivity index (χ1) is 15.3. The van der Waals surface area contributed by atoms with Gasteiger partial charge in [0.2, 0.25) is 5.91 Å². The third-order valence-corrected chi connectivity index (χ3v) is 6.21. The van der Waals surface area contributed by atoms with E-state index < -0.39 is 12.1 Å². The summed E-state index contributed by atoms with van der Waals surface area (Å²) in [7, 11) is 0. The third kappa shape index (κ3) is 4.53. The number of hydrogen-bond acceptors (Lipinski definition) is 5. The Balaban J connectivity index is 1.55. The number of rotatable bonds is 6. The highest BCUT2D eigenvalue weighted by Crippen LogP contribution is 2.28. The molecule has 32 heavy (non-hydrogen) atoms. The molecule has 0 bridgehead atoms. The molecule has 168 valence electrons. The molecule has 0 aliphatic carbocycles. The number of ketones is 1. The van der Waals surface area contributed by atoms with Gasteiger partial charge in [0.15, 0.2) is 5.78 Å². The van der Waals surface area contributed by atoms with Crippen LogP contribution in [0.25, 0.3) is 0 Å². The number of ether oxygens (including phenoxy) is 1. The Labute approximate surface area is 187 Å². The Morgan fingerprint density at radius 3 is 2.47 bits per heavy atom. The molecule has 7 heteroatoms. The number of aromatic hydroxyl groups is 1. The summed E-state index contributed by atoms with van der Waals surface area (Å²) in [6.45, 7) is 4.61. The van der Waals surface area contributed by atoms with Crippen molar-refractivity contribution in [1.29, 1.82) is 0 Å². The van der Waals surface area contributed by atoms with Crippen LogP contribution in [0.2, 0.25) is 0 Å². The fraction of sp³-hybridized carbons (Fsp3) is 0.400. The molecular weight excluding hydrogens is 408 g/mol. The van der Waals surface area contributed by atoms with Gasteiger partial charge >= 0.3 is 0 Å². The maximum Gasteiger partial charge on any atom is 0.251 e. The van der Waals surface area contributed by atoms with Crippen LogP contribution in [-0.2, 0) is 20.7 Å². The smallest absolute Gasteiger partial charge is 0.251 e. The molecule has 2 fully saturated rings. The second-order valence-electron chi connectivity index (χ2n) is 8.75. The summed E-state index contributed by atoms with van der Waals surface area (Å²) in [6.07, 6.45) is 0.594. The number of phenolic OH excluding ortho intramolecular Hbond substituents is 1. The summed E-state index contributed by atoms with van der Waals surface area (Å²) in [5, 5.41) is 12.4. The van der Waals surface area contributed by atoms with Gasteiger partial charge in [0.1, 0.15) is 24.4 Å². The van der Waals surface area contributed by atoms with Crippen molar-refractivity contribution in [2.75, 3.05) is 13.2 Å². The molecule has 0 aromatic heterocycles. The summed E-state index contributed by atoms with van der Waals surface area (Å²) in [5.74, 6) is -0.259. The SMILES string of the molecule is CC(C)c1ccc(C(=O)NC(Cc2ccc(O)cc2)C(=O)N2CCC3OCC(=O)C32)cc1. The molecule has 2 aliphatic rings. The van der Waals surface area contributed by atoms with Crippen LogP contribution in [0.1, 0.15) is 47.7 Å². The van der Waals surface area contributed by atoms with Crippen LogP contribution in [0, 0.1) is 0 Å². The molecule has 0 spiro atoms. The van der Waals surface area contributed by atoms with E-state index in [1.54, 1.807) is 41.3 Å². The van der Waals surface area contributed by atoms with E-state index in [0.29, 0.717) is 24.4 Å². The minimum Gasteiger partial charge on any atom is -0.508 e. The van der Waals surface area contributed by atoms with E-state index >= 15 is 0 Å². The van der Waals surface area contributed by atoms with E-state index in [1.807, 2.05) is 12.1 Å². The minimum atomic E-state index is -0.844. The fourth-order valence-electron chi connectivity index (χ4n) is 4.37. The predicted octanol–water partition coefficient (Wildman–Crippen LogP) is 2.43. The number of nitrogens with zero attached hydrogens (tertiary/aromatic N) is 1. The van der Waals surface area contributed by atoms with E-state index in [-0.39, 0.29) is 42.5 Å². The monoisotopic (exact) mass is 436 g/mol. The van der Waals surface area contributed by atoms with Crippen molar-refractivity contribution < 1.29 is 24.2 Å². The quantitative estimate of drug-likeness (QED) is 0.725. The summed E-state index contributed by atoms with van der Waals surface area (Å²) in [5.41, 5.74) is 2.39. The topological polar surface area (TPSA) is 95.9 Å². The molecule has 2 heterocycles. The first kappa shape index (κ1) is 22.0. The molecule has 2 aliphatic heterocycles. The van der Waals surface area contributed by atoms with Crippen LogP contribution in [-0.4, -0.2) is 58.9 Å². The van der Waals surface area contributed by atoms with Crippen LogP contribution in [0.4, 0.5) is 0 Å². The van der Waals surface area contributed by atoms with Crippen molar-refractivity contribution in [1.82, 2.24) is 10.2 Å². The van der Waals surface area contributed by atoms with E-state index in [4.69, 9.17) is 4.74 Å². The fourth-order valence-corrected chi connectivity index (χ4v) is 4.37. The number of Topliss-reactive ketones (excluding diaryl/α,β-unsaturated/α-hetero) is 1. The second-order valence-corrected chi connectivity index (χ2v) is 8.75. The molecule has 0 radical (unpaired) electrons. The van der Waals surface area contributed by atoms with Gasteiger partial charge in [-0.2, -0.15) is 0 Å². The van der Waals surface area contributed by atoms with Gasteiger partial charge in [0, 0.05) is 18.5 Å².